The van der Waals surface area contributed by atoms with E-state index in [2.05, 4.69) is 24.4 Å². The second-order valence-corrected chi connectivity index (χ2v) is 7.82. The van der Waals surface area contributed by atoms with Crippen molar-refractivity contribution < 1.29 is 17.8 Å². The molecule has 0 bridgehead atoms. The van der Waals surface area contributed by atoms with Crippen molar-refractivity contribution in [3.63, 3.8) is 0 Å². The zero-order valence-electron chi connectivity index (χ0n) is 21.1. The smallest absolute Gasteiger partial charge is 0.340 e. The number of rotatable bonds is 7. The summed E-state index contributed by atoms with van der Waals surface area (Å²) in [5.74, 6) is -0.461. The normalized spacial score (nSPS) is 11.0. The van der Waals surface area contributed by atoms with Crippen LogP contribution in [0.4, 0.5) is 10.2 Å². The van der Waals surface area contributed by atoms with Crippen molar-refractivity contribution in [2.75, 3.05) is 11.8 Å². The third-order valence-electron chi connectivity index (χ3n) is 4.72. The van der Waals surface area contributed by atoms with Crippen LogP contribution >= 0.6 is 0 Å². The van der Waals surface area contributed by atoms with Gasteiger partial charge in [-0.2, -0.15) is 0 Å². The van der Waals surface area contributed by atoms with Crippen LogP contribution in [0.15, 0.2) is 58.1 Å². The number of ether oxygens (including phenoxy) is 1. The molecular weight excluding hydrogens is 485 g/mol. The summed E-state index contributed by atoms with van der Waals surface area (Å²) in [5.41, 5.74) is 0.914. The molecule has 0 fully saturated rings. The van der Waals surface area contributed by atoms with E-state index in [0.29, 0.717) is 27.8 Å². The molecule has 1 aromatic carbocycles. The Balaban J connectivity index is 0.00000109. The van der Waals surface area contributed by atoms with Gasteiger partial charge in [-0.05, 0) is 49.4 Å². The fourth-order valence-corrected chi connectivity index (χ4v) is 3.53. The highest BCUT2D eigenvalue weighted by Gasteiger charge is 2.17. The van der Waals surface area contributed by atoms with Gasteiger partial charge in [-0.25, -0.2) is 33.1 Å². The number of aromatic nitrogens is 3. The first-order valence-electron chi connectivity index (χ1n) is 11.5. The second kappa shape index (κ2) is 14.0. The van der Waals surface area contributed by atoms with Gasteiger partial charge in [-0.3, -0.25) is 4.72 Å². The lowest BCUT2D eigenvalue weighted by Crippen LogP contribution is -2.20. The summed E-state index contributed by atoms with van der Waals surface area (Å²) in [6, 6.07) is 8.33. The van der Waals surface area contributed by atoms with Gasteiger partial charge in [0.15, 0.2) is 22.8 Å². The Morgan fingerprint density at radius 2 is 1.75 bits per heavy atom. The molecule has 1 unspecified atom stereocenters. The number of anilines is 1. The number of benzene rings is 1. The molecule has 0 spiro atoms. The molecule has 36 heavy (non-hydrogen) atoms. The van der Waals surface area contributed by atoms with Crippen LogP contribution in [0.3, 0.4) is 0 Å². The van der Waals surface area contributed by atoms with Crippen LogP contribution in [-0.2, 0) is 17.6 Å². The van der Waals surface area contributed by atoms with Crippen molar-refractivity contribution in [1.82, 2.24) is 19.7 Å². The van der Waals surface area contributed by atoms with Crippen molar-refractivity contribution in [3.8, 4) is 11.8 Å². The molecule has 4 aromatic rings. The van der Waals surface area contributed by atoms with Gasteiger partial charge in [0, 0.05) is 42.0 Å². The van der Waals surface area contributed by atoms with Crippen molar-refractivity contribution in [2.45, 2.75) is 41.0 Å². The summed E-state index contributed by atoms with van der Waals surface area (Å²) >= 11 is -1.69. The molecule has 192 valence electrons. The van der Waals surface area contributed by atoms with E-state index in [1.807, 2.05) is 27.7 Å². The molecule has 1 atom stereocenters. The fourth-order valence-electron chi connectivity index (χ4n) is 3.11. The van der Waals surface area contributed by atoms with E-state index >= 15 is 0 Å². The number of pyridine rings is 1. The number of hydrogen-bond acceptors (Lipinski definition) is 7. The second-order valence-electron chi connectivity index (χ2n) is 6.67. The average Bonchev–Trinajstić information content (AvgIpc) is 2.91. The molecule has 3 aromatic heterocycles. The lowest BCUT2D eigenvalue weighted by Gasteiger charge is -2.11. The average molecular weight is 516 g/mol. The maximum atomic E-state index is 14.8. The first-order chi connectivity index (χ1) is 17.5. The maximum Gasteiger partial charge on any atom is 0.340 e. The summed E-state index contributed by atoms with van der Waals surface area (Å²) in [6.07, 6.45) is 4.46. The Morgan fingerprint density at radius 1 is 1.06 bits per heavy atom. The fraction of sp³-hybridized carbons (Fsp3) is 0.280. The van der Waals surface area contributed by atoms with Gasteiger partial charge < -0.3 is 9.15 Å². The number of nitrogens with one attached hydrogen (secondary N) is 2. The standard InChI is InChI=1S/C21H18FN5O4S.2C2H6/c1-12-15-5-4-14(30-21-25-7-3-8-26-21)11-17(15)31-20(28)16(12)10-13-6-9-24-19(18(13)22)27-32(29)23-2;2*1-2/h3-9,11,23H,10H2,1-2H3,(H,24,27);2*1-2H3. The van der Waals surface area contributed by atoms with Crippen LogP contribution in [0, 0.1) is 12.7 Å². The van der Waals surface area contributed by atoms with E-state index in [9.17, 15) is 13.4 Å². The Bertz CT molecular complexity index is 1370. The molecule has 0 saturated heterocycles. The van der Waals surface area contributed by atoms with Crippen LogP contribution in [0.2, 0.25) is 0 Å². The summed E-state index contributed by atoms with van der Waals surface area (Å²) in [5, 5.41) is 0.685. The SMILES string of the molecule is CC.CC.CNS(=O)Nc1nccc(Cc2c(C)c3ccc(Oc4ncccn4)cc3oc2=O)c1F. The minimum absolute atomic E-state index is 0.0184. The first-order valence-corrected chi connectivity index (χ1v) is 12.6. The van der Waals surface area contributed by atoms with Crippen LogP contribution in [-0.4, -0.2) is 26.2 Å². The third-order valence-corrected chi connectivity index (χ3v) is 5.47. The molecule has 9 nitrogen and oxygen atoms in total. The van der Waals surface area contributed by atoms with Crippen LogP contribution in [0.1, 0.15) is 44.4 Å². The predicted molar refractivity (Wildman–Crippen MR) is 140 cm³/mol. The summed E-state index contributed by atoms with van der Waals surface area (Å²) in [6.45, 7) is 9.77. The third kappa shape index (κ3) is 6.92. The number of fused-ring (bicyclic) bond motifs is 1. The van der Waals surface area contributed by atoms with Crippen LogP contribution < -0.4 is 19.8 Å². The van der Waals surface area contributed by atoms with Gasteiger partial charge >= 0.3 is 11.6 Å². The number of hydrogen-bond donors (Lipinski definition) is 2. The van der Waals surface area contributed by atoms with Crippen molar-refractivity contribution >= 4 is 28.0 Å². The largest absolute Gasteiger partial charge is 0.424 e. The van der Waals surface area contributed by atoms with Crippen LogP contribution in [0.25, 0.3) is 11.0 Å². The monoisotopic (exact) mass is 515 g/mol. The summed E-state index contributed by atoms with van der Waals surface area (Å²) < 4.78 is 42.4. The minimum Gasteiger partial charge on any atom is -0.424 e. The molecule has 0 aliphatic heterocycles. The first kappa shape index (κ1) is 28.5. The number of halogens is 1. The molecule has 4 rings (SSSR count). The molecule has 0 saturated carbocycles. The molecule has 2 N–H and O–H groups in total. The lowest BCUT2D eigenvalue weighted by molar-refractivity contribution is 0.440. The van der Waals surface area contributed by atoms with E-state index in [-0.39, 0.29) is 23.8 Å². The van der Waals surface area contributed by atoms with E-state index in [0.717, 1.165) is 0 Å². The van der Waals surface area contributed by atoms with Gasteiger partial charge in [-0.1, -0.05) is 27.7 Å². The molecule has 0 aliphatic carbocycles. The minimum atomic E-state index is -1.69. The summed E-state index contributed by atoms with van der Waals surface area (Å²) in [4.78, 5) is 24.6. The topological polar surface area (TPSA) is 119 Å². The van der Waals surface area contributed by atoms with Gasteiger partial charge in [-0.15, -0.1) is 0 Å². The molecule has 11 heteroatoms. The lowest BCUT2D eigenvalue weighted by atomic mass is 10.00. The Morgan fingerprint density at radius 3 is 2.42 bits per heavy atom. The van der Waals surface area contributed by atoms with Crippen molar-refractivity contribution in [1.29, 1.82) is 0 Å². The Hall–Kier alpha value is -3.70. The summed E-state index contributed by atoms with van der Waals surface area (Å²) in [7, 11) is 1.46. The van der Waals surface area contributed by atoms with E-state index in [4.69, 9.17) is 9.15 Å². The molecule has 3 heterocycles. The quantitative estimate of drug-likeness (QED) is 0.330. The highest BCUT2D eigenvalue weighted by atomic mass is 32.2. The zero-order valence-corrected chi connectivity index (χ0v) is 21.9. The molecule has 0 amide bonds. The van der Waals surface area contributed by atoms with Gasteiger partial charge in [0.2, 0.25) is 0 Å². The van der Waals surface area contributed by atoms with E-state index in [1.54, 1.807) is 43.6 Å². The van der Waals surface area contributed by atoms with E-state index < -0.39 is 22.6 Å². The number of nitrogens with zero attached hydrogens (tertiary/aromatic N) is 3. The van der Waals surface area contributed by atoms with Crippen LogP contribution in [0.5, 0.6) is 11.8 Å². The zero-order chi connectivity index (χ0) is 26.7. The Kier molecular flexibility index (Phi) is 11.1. The van der Waals surface area contributed by atoms with Crippen molar-refractivity contribution in [3.05, 3.63) is 81.9 Å². The highest BCUT2D eigenvalue weighted by Crippen LogP contribution is 2.27. The van der Waals surface area contributed by atoms with E-state index in [1.165, 1.54) is 19.3 Å². The molecule has 0 radical (unpaired) electrons. The molecule has 0 aliphatic rings. The predicted octanol–water partition coefficient (Wildman–Crippen LogP) is 5.07. The Labute approximate surface area is 211 Å². The van der Waals surface area contributed by atoms with Gasteiger partial charge in [0.25, 0.3) is 0 Å². The maximum absolute atomic E-state index is 14.8. The van der Waals surface area contributed by atoms with Gasteiger partial charge in [0.05, 0.1) is 0 Å². The van der Waals surface area contributed by atoms with Crippen molar-refractivity contribution in [2.24, 2.45) is 0 Å². The number of aryl methyl sites for hydroxylation is 1. The highest BCUT2D eigenvalue weighted by molar-refractivity contribution is 7.84. The molecular formula is C25H30FN5O4S. The van der Waals surface area contributed by atoms with Gasteiger partial charge in [0.1, 0.15) is 11.3 Å².